The van der Waals surface area contributed by atoms with Gasteiger partial charge in [-0.25, -0.2) is 4.79 Å². The fourth-order valence-corrected chi connectivity index (χ4v) is 3.67. The number of likely N-dealkylation sites (tertiary alicyclic amines) is 1. The minimum Gasteiger partial charge on any atom is -0.453 e. The van der Waals surface area contributed by atoms with Gasteiger partial charge in [-0.05, 0) is 46.2 Å². The van der Waals surface area contributed by atoms with E-state index in [-0.39, 0.29) is 29.4 Å². The van der Waals surface area contributed by atoms with Gasteiger partial charge in [0.2, 0.25) is 5.91 Å². The number of rotatable bonds is 1. The van der Waals surface area contributed by atoms with Gasteiger partial charge in [-0.1, -0.05) is 0 Å². The lowest BCUT2D eigenvalue weighted by Crippen LogP contribution is -2.43. The minimum atomic E-state index is -0.339. The number of nitrogens with zero attached hydrogens (tertiary/aromatic N) is 1. The molecule has 1 amide bonds. The van der Waals surface area contributed by atoms with E-state index in [0.717, 1.165) is 38.0 Å². The molecule has 3 heterocycles. The number of ether oxygens (including phenoxy) is 1. The number of amides is 1. The standard InChI is InChI=1S/C14H20N2O3/c1-9-8-14(3-5-15-6-4-14)13(18)16(9)11-7-12(17)19-10(11)2/h7,9-10,15H,3-6,8H2,1-2H3/t9-,10?/m0/s1. The zero-order chi connectivity index (χ0) is 13.6. The third kappa shape index (κ3) is 1.87. The highest BCUT2D eigenvalue weighted by Gasteiger charge is 2.52. The molecule has 0 bridgehead atoms. The SMILES string of the molecule is CC1OC(=O)C=C1N1C(=O)C2(CCNCC2)C[C@@H]1C. The normalized spacial score (nSPS) is 33.8. The van der Waals surface area contributed by atoms with E-state index in [2.05, 4.69) is 12.2 Å². The van der Waals surface area contributed by atoms with Gasteiger partial charge in [0.1, 0.15) is 6.10 Å². The second-order valence-electron chi connectivity index (χ2n) is 5.91. The van der Waals surface area contributed by atoms with Crippen LogP contribution in [0, 0.1) is 5.41 Å². The molecule has 3 aliphatic rings. The van der Waals surface area contributed by atoms with Crippen molar-refractivity contribution in [1.82, 2.24) is 10.2 Å². The van der Waals surface area contributed by atoms with Crippen LogP contribution in [0.5, 0.6) is 0 Å². The molecule has 1 spiro atoms. The van der Waals surface area contributed by atoms with Crippen LogP contribution in [0.4, 0.5) is 0 Å². The van der Waals surface area contributed by atoms with Crippen molar-refractivity contribution >= 4 is 11.9 Å². The lowest BCUT2D eigenvalue weighted by atomic mass is 9.77. The van der Waals surface area contributed by atoms with E-state index < -0.39 is 0 Å². The summed E-state index contributed by atoms with van der Waals surface area (Å²) in [6, 6.07) is 0.147. The molecule has 2 saturated heterocycles. The molecule has 2 atom stereocenters. The molecule has 1 N–H and O–H groups in total. The number of carbonyl (C=O) groups is 2. The zero-order valence-electron chi connectivity index (χ0n) is 11.4. The Hall–Kier alpha value is -1.36. The first-order chi connectivity index (χ1) is 9.03. The number of piperidine rings is 1. The van der Waals surface area contributed by atoms with Crippen molar-refractivity contribution in [3.63, 3.8) is 0 Å². The van der Waals surface area contributed by atoms with Gasteiger partial charge in [-0.2, -0.15) is 0 Å². The summed E-state index contributed by atoms with van der Waals surface area (Å²) in [4.78, 5) is 26.0. The number of nitrogens with one attached hydrogen (secondary N) is 1. The number of cyclic esters (lactones) is 1. The molecule has 5 heteroatoms. The van der Waals surface area contributed by atoms with E-state index in [1.165, 1.54) is 6.08 Å². The van der Waals surface area contributed by atoms with Crippen LogP contribution in [0.25, 0.3) is 0 Å². The Morgan fingerprint density at radius 3 is 2.58 bits per heavy atom. The first-order valence-electron chi connectivity index (χ1n) is 7.00. The summed E-state index contributed by atoms with van der Waals surface area (Å²) >= 11 is 0. The predicted octanol–water partition coefficient (Wildman–Crippen LogP) is 0.806. The fourth-order valence-electron chi connectivity index (χ4n) is 3.67. The minimum absolute atomic E-state index is 0.147. The Kier molecular flexibility index (Phi) is 2.89. The first kappa shape index (κ1) is 12.7. The van der Waals surface area contributed by atoms with E-state index in [4.69, 9.17) is 4.74 Å². The van der Waals surface area contributed by atoms with Crippen molar-refractivity contribution in [3.8, 4) is 0 Å². The Morgan fingerprint density at radius 1 is 1.32 bits per heavy atom. The summed E-state index contributed by atoms with van der Waals surface area (Å²) in [5.41, 5.74) is 0.509. The van der Waals surface area contributed by atoms with E-state index in [0.29, 0.717) is 0 Å². The largest absolute Gasteiger partial charge is 0.453 e. The smallest absolute Gasteiger partial charge is 0.333 e. The second kappa shape index (κ2) is 4.34. The summed E-state index contributed by atoms with van der Waals surface area (Å²) in [7, 11) is 0. The van der Waals surface area contributed by atoms with Crippen LogP contribution in [-0.2, 0) is 14.3 Å². The van der Waals surface area contributed by atoms with Crippen molar-refractivity contribution in [2.45, 2.75) is 45.3 Å². The summed E-state index contributed by atoms with van der Waals surface area (Å²) in [5, 5.41) is 3.31. The molecule has 0 saturated carbocycles. The average molecular weight is 264 g/mol. The summed E-state index contributed by atoms with van der Waals surface area (Å²) in [6.07, 6.45) is 3.83. The maximum absolute atomic E-state index is 12.8. The van der Waals surface area contributed by atoms with Gasteiger partial charge in [0, 0.05) is 12.1 Å². The van der Waals surface area contributed by atoms with E-state index in [1.807, 2.05) is 6.92 Å². The van der Waals surface area contributed by atoms with Gasteiger partial charge in [0.25, 0.3) is 0 Å². The van der Waals surface area contributed by atoms with E-state index >= 15 is 0 Å². The van der Waals surface area contributed by atoms with Crippen LogP contribution < -0.4 is 5.32 Å². The van der Waals surface area contributed by atoms with Gasteiger partial charge >= 0.3 is 5.97 Å². The summed E-state index contributed by atoms with van der Waals surface area (Å²) in [5.74, 6) is -0.160. The van der Waals surface area contributed by atoms with Crippen molar-refractivity contribution in [2.75, 3.05) is 13.1 Å². The van der Waals surface area contributed by atoms with Crippen LogP contribution in [0.3, 0.4) is 0 Å². The molecule has 0 aromatic rings. The fraction of sp³-hybridized carbons (Fsp3) is 0.714. The van der Waals surface area contributed by atoms with Crippen molar-refractivity contribution < 1.29 is 14.3 Å². The van der Waals surface area contributed by atoms with Crippen molar-refractivity contribution in [1.29, 1.82) is 0 Å². The van der Waals surface area contributed by atoms with Crippen molar-refractivity contribution in [3.05, 3.63) is 11.8 Å². The Balaban J connectivity index is 1.89. The van der Waals surface area contributed by atoms with Crippen LogP contribution in [-0.4, -0.2) is 42.0 Å². The average Bonchev–Trinajstić information content (AvgIpc) is 2.79. The number of esters is 1. The molecule has 0 radical (unpaired) electrons. The lowest BCUT2D eigenvalue weighted by Gasteiger charge is -2.32. The van der Waals surface area contributed by atoms with Crippen LogP contribution >= 0.6 is 0 Å². The summed E-state index contributed by atoms with van der Waals surface area (Å²) < 4.78 is 5.12. The van der Waals surface area contributed by atoms with Gasteiger partial charge in [0.15, 0.2) is 0 Å². The maximum Gasteiger partial charge on any atom is 0.333 e. The van der Waals surface area contributed by atoms with Crippen molar-refractivity contribution in [2.24, 2.45) is 5.41 Å². The number of hydrogen-bond acceptors (Lipinski definition) is 4. The molecule has 19 heavy (non-hydrogen) atoms. The number of hydrogen-bond donors (Lipinski definition) is 1. The van der Waals surface area contributed by atoms with E-state index in [1.54, 1.807) is 4.90 Å². The molecule has 0 aromatic carbocycles. The third-order valence-corrected chi connectivity index (χ3v) is 4.61. The third-order valence-electron chi connectivity index (χ3n) is 4.61. The van der Waals surface area contributed by atoms with Gasteiger partial charge < -0.3 is 15.0 Å². The molecule has 2 fully saturated rings. The van der Waals surface area contributed by atoms with Crippen LogP contribution in [0.15, 0.2) is 11.8 Å². The van der Waals surface area contributed by atoms with Gasteiger partial charge in [-0.3, -0.25) is 4.79 Å². The van der Waals surface area contributed by atoms with Gasteiger partial charge in [-0.15, -0.1) is 0 Å². The molecule has 5 nitrogen and oxygen atoms in total. The highest BCUT2D eigenvalue weighted by Crippen LogP contribution is 2.45. The Bertz CT molecular complexity index is 452. The lowest BCUT2D eigenvalue weighted by molar-refractivity contribution is -0.140. The molecule has 104 valence electrons. The molecule has 0 aliphatic carbocycles. The van der Waals surface area contributed by atoms with Gasteiger partial charge in [0.05, 0.1) is 11.1 Å². The highest BCUT2D eigenvalue weighted by molar-refractivity contribution is 5.91. The topological polar surface area (TPSA) is 58.6 Å². The number of carbonyl (C=O) groups excluding carboxylic acids is 2. The van der Waals surface area contributed by atoms with E-state index in [9.17, 15) is 9.59 Å². The van der Waals surface area contributed by atoms with Crippen LogP contribution in [0.2, 0.25) is 0 Å². The summed E-state index contributed by atoms with van der Waals surface area (Å²) in [6.45, 7) is 5.68. The molecular formula is C14H20N2O3. The predicted molar refractivity (Wildman–Crippen MR) is 69.1 cm³/mol. The highest BCUT2D eigenvalue weighted by atomic mass is 16.5. The molecule has 3 aliphatic heterocycles. The van der Waals surface area contributed by atoms with Crippen LogP contribution in [0.1, 0.15) is 33.1 Å². The monoisotopic (exact) mass is 264 g/mol. The zero-order valence-corrected chi connectivity index (χ0v) is 11.4. The Labute approximate surface area is 113 Å². The quantitative estimate of drug-likeness (QED) is 0.712. The molecular weight excluding hydrogens is 244 g/mol. The molecule has 1 unspecified atom stereocenters. The Morgan fingerprint density at radius 2 is 2.00 bits per heavy atom. The maximum atomic E-state index is 12.8. The molecule has 3 rings (SSSR count). The first-order valence-corrected chi connectivity index (χ1v) is 7.00. The second-order valence-corrected chi connectivity index (χ2v) is 5.91. The molecule has 0 aromatic heterocycles.